The van der Waals surface area contributed by atoms with E-state index in [1.807, 2.05) is 0 Å². The van der Waals surface area contributed by atoms with Crippen LogP contribution in [0.4, 0.5) is 0 Å². The largest absolute Gasteiger partial charge is 0.300 e. The maximum absolute atomic E-state index is 2.80. The van der Waals surface area contributed by atoms with E-state index >= 15 is 0 Å². The third kappa shape index (κ3) is 1.32. The molecule has 2 saturated carbocycles. The van der Waals surface area contributed by atoms with Crippen LogP contribution in [0.15, 0.2) is 0 Å². The van der Waals surface area contributed by atoms with Crippen LogP contribution < -0.4 is 0 Å². The highest BCUT2D eigenvalue weighted by molar-refractivity contribution is 4.94. The van der Waals surface area contributed by atoms with Gasteiger partial charge in [0.15, 0.2) is 0 Å². The minimum atomic E-state index is 0.987. The van der Waals surface area contributed by atoms with Crippen molar-refractivity contribution in [1.82, 2.24) is 4.90 Å². The Morgan fingerprint density at radius 1 is 1.00 bits per heavy atom. The third-order valence-electron chi connectivity index (χ3n) is 4.62. The molecule has 13 heavy (non-hydrogen) atoms. The monoisotopic (exact) mass is 179 g/mol. The van der Waals surface area contributed by atoms with Crippen molar-refractivity contribution in [2.24, 2.45) is 17.8 Å². The van der Waals surface area contributed by atoms with Crippen LogP contribution >= 0.6 is 0 Å². The van der Waals surface area contributed by atoms with E-state index in [-0.39, 0.29) is 0 Å². The molecule has 1 saturated heterocycles. The second kappa shape index (κ2) is 2.98. The average molecular weight is 179 g/mol. The van der Waals surface area contributed by atoms with Crippen LogP contribution in [0.3, 0.4) is 0 Å². The number of likely N-dealkylation sites (tertiary alicyclic amines) is 1. The molecule has 0 radical (unpaired) electrons. The van der Waals surface area contributed by atoms with Gasteiger partial charge in [-0.25, -0.2) is 0 Å². The SMILES string of the molecule is CC1CC(N2CC3CCCC3C2)C1. The van der Waals surface area contributed by atoms with Gasteiger partial charge in [-0.15, -0.1) is 0 Å². The van der Waals surface area contributed by atoms with E-state index in [1.165, 1.54) is 45.2 Å². The molecule has 3 fully saturated rings. The first-order valence-corrected chi connectivity index (χ1v) is 6.07. The fraction of sp³-hybridized carbons (Fsp3) is 1.00. The molecule has 0 aromatic rings. The lowest BCUT2D eigenvalue weighted by Crippen LogP contribution is -2.42. The molecule has 0 amide bonds. The second-order valence-corrected chi connectivity index (χ2v) is 5.64. The Labute approximate surface area is 81.5 Å². The molecule has 0 aromatic carbocycles. The molecule has 0 aromatic heterocycles. The molecule has 3 aliphatic rings. The molecule has 3 rings (SSSR count). The third-order valence-corrected chi connectivity index (χ3v) is 4.62. The maximum atomic E-state index is 2.80. The van der Waals surface area contributed by atoms with Gasteiger partial charge in [0.2, 0.25) is 0 Å². The molecule has 0 spiro atoms. The van der Waals surface area contributed by atoms with Crippen molar-refractivity contribution in [1.29, 1.82) is 0 Å². The van der Waals surface area contributed by atoms with Crippen molar-refractivity contribution < 1.29 is 0 Å². The van der Waals surface area contributed by atoms with Gasteiger partial charge >= 0.3 is 0 Å². The van der Waals surface area contributed by atoms with Crippen LogP contribution in [-0.2, 0) is 0 Å². The Kier molecular flexibility index (Phi) is 1.90. The molecule has 1 aliphatic heterocycles. The summed E-state index contributed by atoms with van der Waals surface area (Å²) in [4.78, 5) is 2.80. The van der Waals surface area contributed by atoms with Gasteiger partial charge in [-0.05, 0) is 43.4 Å². The minimum Gasteiger partial charge on any atom is -0.300 e. The zero-order valence-electron chi connectivity index (χ0n) is 8.71. The molecule has 2 aliphatic carbocycles. The summed E-state index contributed by atoms with van der Waals surface area (Å²) in [6.07, 6.45) is 7.55. The summed E-state index contributed by atoms with van der Waals surface area (Å²) in [6, 6.07) is 0.987. The van der Waals surface area contributed by atoms with Gasteiger partial charge in [0.25, 0.3) is 0 Å². The van der Waals surface area contributed by atoms with E-state index in [4.69, 9.17) is 0 Å². The number of fused-ring (bicyclic) bond motifs is 1. The van der Waals surface area contributed by atoms with Crippen molar-refractivity contribution in [2.75, 3.05) is 13.1 Å². The summed E-state index contributed by atoms with van der Waals surface area (Å²) in [5, 5.41) is 0. The standard InChI is InChI=1S/C12H21N/c1-9-5-12(6-9)13-7-10-3-2-4-11(10)8-13/h9-12H,2-8H2,1H3. The van der Waals surface area contributed by atoms with E-state index in [0.717, 1.165) is 23.8 Å². The average Bonchev–Trinajstić information content (AvgIpc) is 2.55. The highest BCUT2D eigenvalue weighted by Crippen LogP contribution is 2.42. The smallest absolute Gasteiger partial charge is 0.0101 e. The predicted octanol–water partition coefficient (Wildman–Crippen LogP) is 2.52. The lowest BCUT2D eigenvalue weighted by Gasteiger charge is -2.40. The van der Waals surface area contributed by atoms with E-state index in [2.05, 4.69) is 11.8 Å². The van der Waals surface area contributed by atoms with E-state index in [9.17, 15) is 0 Å². The summed E-state index contributed by atoms with van der Waals surface area (Å²) < 4.78 is 0. The Morgan fingerprint density at radius 3 is 2.15 bits per heavy atom. The number of rotatable bonds is 1. The Hall–Kier alpha value is -0.0400. The molecule has 1 nitrogen and oxygen atoms in total. The van der Waals surface area contributed by atoms with Crippen LogP contribution in [0, 0.1) is 17.8 Å². The predicted molar refractivity (Wildman–Crippen MR) is 54.6 cm³/mol. The summed E-state index contributed by atoms with van der Waals surface area (Å²) >= 11 is 0. The van der Waals surface area contributed by atoms with Crippen LogP contribution in [-0.4, -0.2) is 24.0 Å². The van der Waals surface area contributed by atoms with Crippen LogP contribution in [0.1, 0.15) is 39.0 Å². The highest BCUT2D eigenvalue weighted by atomic mass is 15.2. The summed E-state index contributed by atoms with van der Waals surface area (Å²) in [5.41, 5.74) is 0. The zero-order chi connectivity index (χ0) is 8.84. The van der Waals surface area contributed by atoms with Crippen LogP contribution in [0.25, 0.3) is 0 Å². The Balaban J connectivity index is 1.58. The van der Waals surface area contributed by atoms with E-state index < -0.39 is 0 Å². The van der Waals surface area contributed by atoms with E-state index in [1.54, 1.807) is 0 Å². The van der Waals surface area contributed by atoms with Crippen molar-refractivity contribution in [2.45, 2.75) is 45.1 Å². The van der Waals surface area contributed by atoms with Gasteiger partial charge in [-0.2, -0.15) is 0 Å². The van der Waals surface area contributed by atoms with E-state index in [0.29, 0.717) is 0 Å². The molecule has 2 unspecified atom stereocenters. The fourth-order valence-corrected chi connectivity index (χ4v) is 3.73. The zero-order valence-corrected chi connectivity index (χ0v) is 8.71. The Morgan fingerprint density at radius 2 is 1.62 bits per heavy atom. The van der Waals surface area contributed by atoms with Crippen molar-refractivity contribution in [3.05, 3.63) is 0 Å². The quantitative estimate of drug-likeness (QED) is 0.598. The lowest BCUT2D eigenvalue weighted by atomic mass is 9.81. The summed E-state index contributed by atoms with van der Waals surface area (Å²) in [5.74, 6) is 3.21. The van der Waals surface area contributed by atoms with Crippen molar-refractivity contribution in [3.63, 3.8) is 0 Å². The first-order chi connectivity index (χ1) is 6.33. The molecule has 1 heteroatoms. The molecular weight excluding hydrogens is 158 g/mol. The minimum absolute atomic E-state index is 0.987. The number of hydrogen-bond donors (Lipinski definition) is 0. The summed E-state index contributed by atoms with van der Waals surface area (Å²) in [7, 11) is 0. The van der Waals surface area contributed by atoms with Gasteiger partial charge in [-0.1, -0.05) is 13.3 Å². The lowest BCUT2D eigenvalue weighted by molar-refractivity contribution is 0.101. The molecule has 1 heterocycles. The molecule has 74 valence electrons. The normalized spacial score (nSPS) is 50.5. The first kappa shape index (κ1) is 8.28. The van der Waals surface area contributed by atoms with Gasteiger partial charge in [0.05, 0.1) is 0 Å². The van der Waals surface area contributed by atoms with Gasteiger partial charge < -0.3 is 0 Å². The molecule has 2 atom stereocenters. The van der Waals surface area contributed by atoms with Gasteiger partial charge in [-0.3, -0.25) is 4.90 Å². The highest BCUT2D eigenvalue weighted by Gasteiger charge is 2.41. The van der Waals surface area contributed by atoms with Crippen LogP contribution in [0.2, 0.25) is 0 Å². The van der Waals surface area contributed by atoms with Crippen LogP contribution in [0.5, 0.6) is 0 Å². The number of hydrogen-bond acceptors (Lipinski definition) is 1. The van der Waals surface area contributed by atoms with Crippen molar-refractivity contribution >= 4 is 0 Å². The van der Waals surface area contributed by atoms with Gasteiger partial charge in [0, 0.05) is 19.1 Å². The van der Waals surface area contributed by atoms with Crippen molar-refractivity contribution in [3.8, 4) is 0 Å². The fourth-order valence-electron chi connectivity index (χ4n) is 3.73. The summed E-state index contributed by atoms with van der Waals surface area (Å²) in [6.45, 7) is 5.29. The number of nitrogens with zero attached hydrogens (tertiary/aromatic N) is 1. The maximum Gasteiger partial charge on any atom is 0.0101 e. The Bertz CT molecular complexity index is 183. The first-order valence-electron chi connectivity index (χ1n) is 6.07. The van der Waals surface area contributed by atoms with Gasteiger partial charge in [0.1, 0.15) is 0 Å². The molecular formula is C12H21N. The second-order valence-electron chi connectivity index (χ2n) is 5.64. The topological polar surface area (TPSA) is 3.24 Å². The molecule has 0 N–H and O–H groups in total. The molecule has 0 bridgehead atoms.